The molecule has 0 bridgehead atoms. The first-order valence-corrected chi connectivity index (χ1v) is 10.9. The number of ether oxygens (including phenoxy) is 1. The van der Waals surface area contributed by atoms with Gasteiger partial charge in [-0.05, 0) is 60.0 Å². The summed E-state index contributed by atoms with van der Waals surface area (Å²) < 4.78 is 30.6. The average molecular weight is 449 g/mol. The lowest BCUT2D eigenvalue weighted by atomic mass is 10.2. The highest BCUT2D eigenvalue weighted by atomic mass is 35.5. The average Bonchev–Trinajstić information content (AvgIpc) is 2.67. The number of hydrogen-bond donors (Lipinski definition) is 1. The summed E-state index contributed by atoms with van der Waals surface area (Å²) in [7, 11) is -3.99. The van der Waals surface area contributed by atoms with Crippen molar-refractivity contribution in [3.8, 4) is 5.75 Å². The quantitative estimate of drug-likeness (QED) is 0.399. The summed E-state index contributed by atoms with van der Waals surface area (Å²) in [5.41, 5.74) is 2.53. The van der Waals surface area contributed by atoms with Crippen LogP contribution in [0.2, 0.25) is 10.0 Å². The second-order valence-electron chi connectivity index (χ2n) is 6.25. The molecule has 0 fully saturated rings. The van der Waals surface area contributed by atoms with E-state index in [1.165, 1.54) is 18.3 Å². The second-order valence-corrected chi connectivity index (χ2v) is 8.67. The zero-order chi connectivity index (χ0) is 20.9. The second kappa shape index (κ2) is 9.31. The lowest BCUT2D eigenvalue weighted by molar-refractivity contribution is 0.306. The fourth-order valence-corrected chi connectivity index (χ4v) is 4.67. The summed E-state index contributed by atoms with van der Waals surface area (Å²) >= 11 is 12.1. The fraction of sp³-hybridized carbons (Fsp3) is 0.0952. The molecular weight excluding hydrogens is 431 g/mol. The van der Waals surface area contributed by atoms with Crippen molar-refractivity contribution in [2.45, 2.75) is 18.4 Å². The van der Waals surface area contributed by atoms with Gasteiger partial charge in [0, 0.05) is 0 Å². The molecule has 3 aromatic carbocycles. The summed E-state index contributed by atoms with van der Waals surface area (Å²) in [5.74, 6) is 0.699. The lowest BCUT2D eigenvalue weighted by Crippen LogP contribution is -2.19. The minimum Gasteiger partial charge on any atom is -0.489 e. The number of hydrazone groups is 1. The van der Waals surface area contributed by atoms with Crippen molar-refractivity contribution >= 4 is 39.4 Å². The van der Waals surface area contributed by atoms with Crippen LogP contribution in [0, 0.1) is 6.92 Å². The first-order valence-electron chi connectivity index (χ1n) is 8.62. The number of nitrogens with zero attached hydrogens (tertiary/aromatic N) is 1. The van der Waals surface area contributed by atoms with E-state index in [0.717, 1.165) is 11.1 Å². The number of halogens is 2. The van der Waals surface area contributed by atoms with Gasteiger partial charge in [-0.3, -0.25) is 0 Å². The Kier molecular flexibility index (Phi) is 6.79. The molecule has 0 unspecified atom stereocenters. The third-order valence-corrected chi connectivity index (χ3v) is 6.07. The Morgan fingerprint density at radius 1 is 1.00 bits per heavy atom. The predicted molar refractivity (Wildman–Crippen MR) is 116 cm³/mol. The Hall–Kier alpha value is -2.54. The van der Waals surface area contributed by atoms with Crippen LogP contribution in [0.15, 0.2) is 76.7 Å². The number of nitrogens with one attached hydrogen (secondary N) is 1. The van der Waals surface area contributed by atoms with Gasteiger partial charge in [0.25, 0.3) is 10.0 Å². The molecule has 0 spiro atoms. The van der Waals surface area contributed by atoms with Crippen LogP contribution in [0.1, 0.15) is 16.7 Å². The number of hydrogen-bond acceptors (Lipinski definition) is 4. The SMILES string of the molecule is Cc1cc(Cl)c(S(=O)(=O)N/N=C/c2ccc(OCc3ccccc3)cc2)c(Cl)c1. The summed E-state index contributed by atoms with van der Waals surface area (Å²) in [6.07, 6.45) is 1.38. The van der Waals surface area contributed by atoms with Gasteiger partial charge < -0.3 is 4.74 Å². The van der Waals surface area contributed by atoms with Gasteiger partial charge in [-0.2, -0.15) is 18.4 Å². The van der Waals surface area contributed by atoms with E-state index in [1.54, 1.807) is 31.2 Å². The van der Waals surface area contributed by atoms with E-state index in [0.29, 0.717) is 17.9 Å². The molecule has 0 heterocycles. The maximum Gasteiger partial charge on any atom is 0.279 e. The van der Waals surface area contributed by atoms with Crippen molar-refractivity contribution in [3.05, 3.63) is 93.5 Å². The molecule has 3 aromatic rings. The Labute approximate surface area is 180 Å². The first-order chi connectivity index (χ1) is 13.8. The Balaban J connectivity index is 1.63. The van der Waals surface area contributed by atoms with E-state index in [-0.39, 0.29) is 14.9 Å². The van der Waals surface area contributed by atoms with Crippen molar-refractivity contribution in [2.24, 2.45) is 5.10 Å². The van der Waals surface area contributed by atoms with Gasteiger partial charge in [0.05, 0.1) is 16.3 Å². The van der Waals surface area contributed by atoms with E-state index < -0.39 is 10.0 Å². The van der Waals surface area contributed by atoms with Gasteiger partial charge in [-0.15, -0.1) is 0 Å². The zero-order valence-electron chi connectivity index (χ0n) is 15.5. The minimum atomic E-state index is -3.99. The van der Waals surface area contributed by atoms with E-state index in [2.05, 4.69) is 9.93 Å². The molecule has 150 valence electrons. The van der Waals surface area contributed by atoms with Gasteiger partial charge in [0.1, 0.15) is 17.3 Å². The molecular formula is C21H18Cl2N2O3S. The van der Waals surface area contributed by atoms with Crippen LogP contribution in [0.4, 0.5) is 0 Å². The Morgan fingerprint density at radius 3 is 2.24 bits per heavy atom. The molecule has 0 aromatic heterocycles. The summed E-state index contributed by atoms with van der Waals surface area (Å²) in [6, 6.07) is 20.0. The van der Waals surface area contributed by atoms with Gasteiger partial charge in [-0.1, -0.05) is 53.5 Å². The molecule has 1 N–H and O–H groups in total. The molecule has 0 saturated heterocycles. The normalized spacial score (nSPS) is 11.6. The van der Waals surface area contributed by atoms with Crippen molar-refractivity contribution in [1.29, 1.82) is 0 Å². The van der Waals surface area contributed by atoms with E-state index in [9.17, 15) is 8.42 Å². The highest BCUT2D eigenvalue weighted by Gasteiger charge is 2.21. The third kappa shape index (κ3) is 5.73. The number of sulfonamides is 1. The van der Waals surface area contributed by atoms with Crippen LogP contribution in [0.25, 0.3) is 0 Å². The zero-order valence-corrected chi connectivity index (χ0v) is 17.8. The molecule has 0 atom stereocenters. The van der Waals surface area contributed by atoms with E-state index >= 15 is 0 Å². The topological polar surface area (TPSA) is 67.8 Å². The highest BCUT2D eigenvalue weighted by Crippen LogP contribution is 2.30. The van der Waals surface area contributed by atoms with Crippen LogP contribution in [-0.2, 0) is 16.6 Å². The molecule has 0 aliphatic carbocycles. The molecule has 0 saturated carbocycles. The number of benzene rings is 3. The number of aryl methyl sites for hydroxylation is 1. The van der Waals surface area contributed by atoms with Crippen LogP contribution >= 0.6 is 23.2 Å². The predicted octanol–water partition coefficient (Wildman–Crippen LogP) is 5.19. The van der Waals surface area contributed by atoms with Crippen molar-refractivity contribution in [3.63, 3.8) is 0 Å². The fourth-order valence-electron chi connectivity index (χ4n) is 2.55. The molecule has 0 aliphatic heterocycles. The third-order valence-electron chi connectivity index (χ3n) is 3.93. The van der Waals surface area contributed by atoms with Gasteiger partial charge in [0.15, 0.2) is 0 Å². The molecule has 8 heteroatoms. The molecule has 29 heavy (non-hydrogen) atoms. The van der Waals surface area contributed by atoms with E-state index in [4.69, 9.17) is 27.9 Å². The van der Waals surface area contributed by atoms with Crippen LogP contribution < -0.4 is 9.57 Å². The van der Waals surface area contributed by atoms with Crippen LogP contribution in [0.5, 0.6) is 5.75 Å². The first kappa shape index (κ1) is 21.2. The van der Waals surface area contributed by atoms with Gasteiger partial charge >= 0.3 is 0 Å². The molecule has 0 amide bonds. The monoisotopic (exact) mass is 448 g/mol. The van der Waals surface area contributed by atoms with E-state index in [1.807, 2.05) is 30.3 Å². The minimum absolute atomic E-state index is 0.0395. The Bertz CT molecular complexity index is 1090. The van der Waals surface area contributed by atoms with Gasteiger partial charge in [-0.25, -0.2) is 0 Å². The van der Waals surface area contributed by atoms with Crippen LogP contribution in [-0.4, -0.2) is 14.6 Å². The maximum atomic E-state index is 12.4. The molecule has 5 nitrogen and oxygen atoms in total. The van der Waals surface area contributed by atoms with Gasteiger partial charge in [0.2, 0.25) is 0 Å². The van der Waals surface area contributed by atoms with Crippen molar-refractivity contribution < 1.29 is 13.2 Å². The standard InChI is InChI=1S/C21H18Cl2N2O3S/c1-15-11-19(22)21(20(23)12-15)29(26,27)25-24-13-16-7-9-18(10-8-16)28-14-17-5-3-2-4-6-17/h2-13,25H,14H2,1H3/b24-13+. The smallest absolute Gasteiger partial charge is 0.279 e. The van der Waals surface area contributed by atoms with Crippen molar-refractivity contribution in [2.75, 3.05) is 0 Å². The number of rotatable bonds is 7. The largest absolute Gasteiger partial charge is 0.489 e. The highest BCUT2D eigenvalue weighted by molar-refractivity contribution is 7.89. The molecule has 0 aliphatic rings. The summed E-state index contributed by atoms with van der Waals surface area (Å²) in [6.45, 7) is 2.24. The lowest BCUT2D eigenvalue weighted by Gasteiger charge is -2.09. The van der Waals surface area contributed by atoms with Crippen LogP contribution in [0.3, 0.4) is 0 Å². The summed E-state index contributed by atoms with van der Waals surface area (Å²) in [5, 5.41) is 3.88. The Morgan fingerprint density at radius 2 is 1.62 bits per heavy atom. The van der Waals surface area contributed by atoms with Crippen molar-refractivity contribution in [1.82, 2.24) is 4.83 Å². The molecule has 0 radical (unpaired) electrons. The molecule has 3 rings (SSSR count). The maximum absolute atomic E-state index is 12.4. The summed E-state index contributed by atoms with van der Waals surface area (Å²) in [4.78, 5) is 1.93.